The minimum atomic E-state index is -3.17. The number of sulfonamides is 1. The number of nitrogens with zero attached hydrogens (tertiary/aromatic N) is 3. The van der Waals surface area contributed by atoms with Crippen molar-refractivity contribution in [1.82, 2.24) is 14.3 Å². The van der Waals surface area contributed by atoms with Gasteiger partial charge < -0.3 is 0 Å². The first-order valence-electron chi connectivity index (χ1n) is 5.73. The Morgan fingerprint density at radius 2 is 2.18 bits per heavy atom. The molecule has 1 saturated heterocycles. The van der Waals surface area contributed by atoms with Crippen LogP contribution in [0.4, 0.5) is 0 Å². The van der Waals surface area contributed by atoms with E-state index in [1.165, 1.54) is 12.6 Å². The van der Waals surface area contributed by atoms with Crippen LogP contribution in [-0.4, -0.2) is 35.5 Å². The summed E-state index contributed by atoms with van der Waals surface area (Å²) in [5.41, 5.74) is 1.79. The molecule has 2 rings (SSSR count). The molecule has 1 aliphatic heterocycles. The highest BCUT2D eigenvalue weighted by atomic mass is 32.2. The van der Waals surface area contributed by atoms with Gasteiger partial charge in [0.15, 0.2) is 0 Å². The van der Waals surface area contributed by atoms with E-state index in [9.17, 15) is 8.42 Å². The van der Waals surface area contributed by atoms with Gasteiger partial charge in [0.25, 0.3) is 0 Å². The van der Waals surface area contributed by atoms with Crippen LogP contribution >= 0.6 is 0 Å². The molecule has 0 spiro atoms. The summed E-state index contributed by atoms with van der Waals surface area (Å²) in [6, 6.07) is -0.123. The van der Waals surface area contributed by atoms with Gasteiger partial charge in [0.1, 0.15) is 6.33 Å². The highest BCUT2D eigenvalue weighted by Gasteiger charge is 2.32. The first-order valence-corrected chi connectivity index (χ1v) is 7.58. The molecule has 2 heterocycles. The van der Waals surface area contributed by atoms with Gasteiger partial charge in [-0.2, -0.15) is 4.31 Å². The predicted molar refractivity (Wildman–Crippen MR) is 64.9 cm³/mol. The Morgan fingerprint density at radius 3 is 2.82 bits per heavy atom. The molecule has 6 heteroatoms. The molecule has 0 saturated carbocycles. The van der Waals surface area contributed by atoms with Gasteiger partial charge in [-0.15, -0.1) is 0 Å². The lowest BCUT2D eigenvalue weighted by molar-refractivity contribution is 0.252. The topological polar surface area (TPSA) is 63.2 Å². The maximum absolute atomic E-state index is 11.8. The fourth-order valence-electron chi connectivity index (χ4n) is 2.33. The van der Waals surface area contributed by atoms with Crippen LogP contribution in [0.5, 0.6) is 0 Å². The molecule has 0 aliphatic carbocycles. The average Bonchev–Trinajstić information content (AvgIpc) is 2.28. The van der Waals surface area contributed by atoms with Crippen molar-refractivity contribution >= 4 is 10.0 Å². The maximum Gasteiger partial charge on any atom is 0.211 e. The highest BCUT2D eigenvalue weighted by molar-refractivity contribution is 7.88. The summed E-state index contributed by atoms with van der Waals surface area (Å²) in [7, 11) is -3.17. The molecule has 1 unspecified atom stereocenters. The number of aryl methyl sites for hydroxylation is 1. The molecular formula is C11H17N3O2S. The largest absolute Gasteiger partial charge is 0.245 e. The number of hydrogen-bond acceptors (Lipinski definition) is 4. The predicted octanol–water partition coefficient (Wildman–Crippen LogP) is 1.27. The van der Waals surface area contributed by atoms with Crippen LogP contribution in [0.1, 0.15) is 36.6 Å². The normalized spacial score (nSPS) is 22.6. The third-order valence-electron chi connectivity index (χ3n) is 3.13. The van der Waals surface area contributed by atoms with Gasteiger partial charge in [-0.1, -0.05) is 6.42 Å². The standard InChI is InChI=1S/C11H17N3O2S/c1-9-7-12-8-13-11(9)10-5-3-4-6-14(10)17(2,15)16/h7-8,10H,3-6H2,1-2H3. The van der Waals surface area contributed by atoms with Crippen molar-refractivity contribution in [3.63, 3.8) is 0 Å². The van der Waals surface area contributed by atoms with Crippen molar-refractivity contribution in [3.8, 4) is 0 Å². The molecule has 1 aromatic heterocycles. The van der Waals surface area contributed by atoms with Gasteiger partial charge in [-0.05, 0) is 25.3 Å². The molecule has 1 atom stereocenters. The van der Waals surface area contributed by atoms with Crippen molar-refractivity contribution < 1.29 is 8.42 Å². The lowest BCUT2D eigenvalue weighted by atomic mass is 9.99. The molecule has 0 amide bonds. The first-order chi connectivity index (χ1) is 8.00. The summed E-state index contributed by atoms with van der Waals surface area (Å²) < 4.78 is 25.1. The third-order valence-corrected chi connectivity index (χ3v) is 4.42. The summed E-state index contributed by atoms with van der Waals surface area (Å²) in [6.07, 6.45) is 7.29. The Balaban J connectivity index is 2.38. The van der Waals surface area contributed by atoms with E-state index < -0.39 is 10.0 Å². The summed E-state index contributed by atoms with van der Waals surface area (Å²) in [4.78, 5) is 8.20. The number of rotatable bonds is 2. The van der Waals surface area contributed by atoms with E-state index in [-0.39, 0.29) is 6.04 Å². The van der Waals surface area contributed by atoms with Crippen LogP contribution in [0.3, 0.4) is 0 Å². The summed E-state index contributed by atoms with van der Waals surface area (Å²) >= 11 is 0. The van der Waals surface area contributed by atoms with E-state index in [1.54, 1.807) is 10.5 Å². The molecule has 1 aromatic rings. The fourth-order valence-corrected chi connectivity index (χ4v) is 3.46. The second-order valence-electron chi connectivity index (χ2n) is 4.48. The Hall–Kier alpha value is -1.01. The molecule has 0 radical (unpaired) electrons. The first kappa shape index (κ1) is 12.4. The van der Waals surface area contributed by atoms with Gasteiger partial charge in [-0.3, -0.25) is 0 Å². The fraction of sp³-hybridized carbons (Fsp3) is 0.636. The van der Waals surface area contributed by atoms with Crippen molar-refractivity contribution in [3.05, 3.63) is 23.8 Å². The molecule has 1 aliphatic rings. The molecule has 0 N–H and O–H groups in total. The Morgan fingerprint density at radius 1 is 1.41 bits per heavy atom. The van der Waals surface area contributed by atoms with Crippen LogP contribution in [0.25, 0.3) is 0 Å². The molecule has 0 aromatic carbocycles. The van der Waals surface area contributed by atoms with Gasteiger partial charge >= 0.3 is 0 Å². The van der Waals surface area contributed by atoms with Crippen LogP contribution in [0, 0.1) is 6.92 Å². The second-order valence-corrected chi connectivity index (χ2v) is 6.41. The lowest BCUT2D eigenvalue weighted by Crippen LogP contribution is -2.38. The molecule has 1 fully saturated rings. The van der Waals surface area contributed by atoms with Crippen molar-refractivity contribution in [2.75, 3.05) is 12.8 Å². The molecule has 5 nitrogen and oxygen atoms in total. The minimum Gasteiger partial charge on any atom is -0.245 e. The van der Waals surface area contributed by atoms with Crippen molar-refractivity contribution in [2.24, 2.45) is 0 Å². The summed E-state index contributed by atoms with van der Waals surface area (Å²) in [5, 5.41) is 0. The van der Waals surface area contributed by atoms with Crippen LogP contribution in [0.15, 0.2) is 12.5 Å². The van der Waals surface area contributed by atoms with Gasteiger partial charge in [0, 0.05) is 12.7 Å². The van der Waals surface area contributed by atoms with E-state index >= 15 is 0 Å². The van der Waals surface area contributed by atoms with E-state index in [0.717, 1.165) is 30.5 Å². The van der Waals surface area contributed by atoms with Crippen LogP contribution in [-0.2, 0) is 10.0 Å². The smallest absolute Gasteiger partial charge is 0.211 e. The van der Waals surface area contributed by atoms with Crippen molar-refractivity contribution in [1.29, 1.82) is 0 Å². The maximum atomic E-state index is 11.8. The van der Waals surface area contributed by atoms with E-state index in [4.69, 9.17) is 0 Å². The Labute approximate surface area is 102 Å². The molecule has 0 bridgehead atoms. The van der Waals surface area contributed by atoms with Crippen LogP contribution < -0.4 is 0 Å². The average molecular weight is 255 g/mol. The lowest BCUT2D eigenvalue weighted by Gasteiger charge is -2.33. The van der Waals surface area contributed by atoms with E-state index in [1.807, 2.05) is 6.92 Å². The summed E-state index contributed by atoms with van der Waals surface area (Å²) in [6.45, 7) is 2.51. The second kappa shape index (κ2) is 4.70. The zero-order valence-corrected chi connectivity index (χ0v) is 10.9. The number of piperidine rings is 1. The van der Waals surface area contributed by atoms with Gasteiger partial charge in [0.05, 0.1) is 18.0 Å². The molecule has 94 valence electrons. The SMILES string of the molecule is Cc1cncnc1C1CCCCN1S(C)(=O)=O. The Kier molecular flexibility index (Phi) is 3.44. The zero-order chi connectivity index (χ0) is 12.5. The molecule has 17 heavy (non-hydrogen) atoms. The van der Waals surface area contributed by atoms with Gasteiger partial charge in [-0.25, -0.2) is 18.4 Å². The highest BCUT2D eigenvalue weighted by Crippen LogP contribution is 2.32. The van der Waals surface area contributed by atoms with Crippen LogP contribution in [0.2, 0.25) is 0 Å². The van der Waals surface area contributed by atoms with Gasteiger partial charge in [0.2, 0.25) is 10.0 Å². The number of hydrogen-bond donors (Lipinski definition) is 0. The van der Waals surface area contributed by atoms with Crippen molar-refractivity contribution in [2.45, 2.75) is 32.2 Å². The zero-order valence-electron chi connectivity index (χ0n) is 10.1. The third kappa shape index (κ3) is 2.63. The summed E-state index contributed by atoms with van der Waals surface area (Å²) in [5.74, 6) is 0. The van der Waals surface area contributed by atoms with E-state index in [2.05, 4.69) is 9.97 Å². The molecular weight excluding hydrogens is 238 g/mol. The Bertz CT molecular complexity index is 501. The number of aromatic nitrogens is 2. The minimum absolute atomic E-state index is 0.123. The monoisotopic (exact) mass is 255 g/mol. The van der Waals surface area contributed by atoms with E-state index in [0.29, 0.717) is 6.54 Å². The quantitative estimate of drug-likeness (QED) is 0.798.